The second-order valence-corrected chi connectivity index (χ2v) is 4.72. The molecule has 1 unspecified atom stereocenters. The molecule has 1 heterocycles. The molecule has 0 aromatic heterocycles. The van der Waals surface area contributed by atoms with Gasteiger partial charge in [-0.25, -0.2) is 0 Å². The van der Waals surface area contributed by atoms with E-state index in [0.29, 0.717) is 19.3 Å². The van der Waals surface area contributed by atoms with Gasteiger partial charge >= 0.3 is 5.97 Å². The van der Waals surface area contributed by atoms with Gasteiger partial charge in [-0.15, -0.1) is 0 Å². The number of nitrogens with zero attached hydrogens (tertiary/aromatic N) is 1. The molecule has 1 atom stereocenters. The zero-order valence-electron chi connectivity index (χ0n) is 10.3. The lowest BCUT2D eigenvalue weighted by molar-refractivity contribution is -0.156. The predicted molar refractivity (Wildman–Crippen MR) is 62.3 cm³/mol. The summed E-state index contributed by atoms with van der Waals surface area (Å²) in [7, 11) is 0. The normalized spacial score (nSPS) is 22.9. The Labute approximate surface area is 97.3 Å². The molecule has 1 aliphatic heterocycles. The van der Waals surface area contributed by atoms with E-state index in [2.05, 4.69) is 11.8 Å². The van der Waals surface area contributed by atoms with Crippen molar-refractivity contribution in [1.29, 1.82) is 0 Å². The van der Waals surface area contributed by atoms with E-state index < -0.39 is 17.5 Å². The van der Waals surface area contributed by atoms with Gasteiger partial charge in [-0.3, -0.25) is 4.79 Å². The summed E-state index contributed by atoms with van der Waals surface area (Å²) in [6, 6.07) is 0. The Morgan fingerprint density at radius 3 is 2.31 bits per heavy atom. The largest absolute Gasteiger partial charge is 0.481 e. The molecule has 2 N–H and O–H groups in total. The van der Waals surface area contributed by atoms with Gasteiger partial charge in [-0.1, -0.05) is 20.3 Å². The highest BCUT2D eigenvalue weighted by Crippen LogP contribution is 2.32. The number of hydrogen-bond donors (Lipinski definition) is 2. The van der Waals surface area contributed by atoms with Gasteiger partial charge in [0.1, 0.15) is 0 Å². The van der Waals surface area contributed by atoms with E-state index in [1.54, 1.807) is 0 Å². The Hall–Kier alpha value is -0.610. The molecule has 1 fully saturated rings. The molecule has 0 spiro atoms. The van der Waals surface area contributed by atoms with E-state index in [4.69, 9.17) is 0 Å². The van der Waals surface area contributed by atoms with Crippen molar-refractivity contribution in [2.45, 2.75) is 45.1 Å². The molecule has 0 saturated carbocycles. The summed E-state index contributed by atoms with van der Waals surface area (Å²) in [4.78, 5) is 13.4. The molecule has 1 saturated heterocycles. The molecule has 4 heteroatoms. The molecule has 4 nitrogen and oxygen atoms in total. The summed E-state index contributed by atoms with van der Waals surface area (Å²) in [5.41, 5.74) is -0.993. The van der Waals surface area contributed by atoms with E-state index in [9.17, 15) is 15.0 Å². The summed E-state index contributed by atoms with van der Waals surface area (Å²) in [6.45, 7) is 6.63. The molecule has 0 bridgehead atoms. The Kier molecular flexibility index (Phi) is 4.74. The number of carboxylic acids is 1. The van der Waals surface area contributed by atoms with Crippen molar-refractivity contribution >= 4 is 5.97 Å². The first kappa shape index (κ1) is 13.5. The first-order valence-corrected chi connectivity index (χ1v) is 6.21. The van der Waals surface area contributed by atoms with Crippen LogP contribution in [0.2, 0.25) is 0 Å². The number of piperidine rings is 1. The topological polar surface area (TPSA) is 60.8 Å². The lowest BCUT2D eigenvalue weighted by atomic mass is 9.77. The molecule has 0 aromatic rings. The van der Waals surface area contributed by atoms with Crippen LogP contribution in [0.5, 0.6) is 0 Å². The first-order chi connectivity index (χ1) is 7.53. The number of aliphatic hydroxyl groups is 1. The molecule has 0 radical (unpaired) electrons. The highest BCUT2D eigenvalue weighted by molar-refractivity contribution is 5.71. The maximum atomic E-state index is 11.2. The summed E-state index contributed by atoms with van der Waals surface area (Å²) < 4.78 is 0. The number of carbonyl (C=O) groups is 1. The fourth-order valence-corrected chi connectivity index (χ4v) is 2.52. The second-order valence-electron chi connectivity index (χ2n) is 4.72. The molecule has 16 heavy (non-hydrogen) atoms. The van der Waals surface area contributed by atoms with Gasteiger partial charge < -0.3 is 15.1 Å². The van der Waals surface area contributed by atoms with Crippen molar-refractivity contribution in [3.05, 3.63) is 0 Å². The van der Waals surface area contributed by atoms with Crippen molar-refractivity contribution in [3.63, 3.8) is 0 Å². The van der Waals surface area contributed by atoms with Crippen LogP contribution in [-0.2, 0) is 4.79 Å². The number of likely N-dealkylation sites (tertiary alicyclic amines) is 1. The summed E-state index contributed by atoms with van der Waals surface area (Å²) in [6.07, 6.45) is 2.53. The van der Waals surface area contributed by atoms with Crippen molar-refractivity contribution < 1.29 is 15.0 Å². The van der Waals surface area contributed by atoms with Crippen LogP contribution in [0, 0.1) is 5.92 Å². The lowest BCUT2D eigenvalue weighted by Gasteiger charge is -2.41. The zero-order chi connectivity index (χ0) is 12.2. The summed E-state index contributed by atoms with van der Waals surface area (Å²) >= 11 is 0. The minimum Gasteiger partial charge on any atom is -0.481 e. The maximum Gasteiger partial charge on any atom is 0.309 e. The van der Waals surface area contributed by atoms with E-state index in [1.807, 2.05) is 6.92 Å². The van der Waals surface area contributed by atoms with Crippen molar-refractivity contribution in [1.82, 2.24) is 4.90 Å². The molecule has 0 aliphatic carbocycles. The Morgan fingerprint density at radius 2 is 1.94 bits per heavy atom. The molecule has 0 amide bonds. The fraction of sp³-hybridized carbons (Fsp3) is 0.917. The summed E-state index contributed by atoms with van der Waals surface area (Å²) in [5.74, 6) is -1.45. The SMILES string of the molecule is CCCC(C(=O)O)C1(O)CCN(CC)CC1. The third-order valence-corrected chi connectivity index (χ3v) is 3.69. The van der Waals surface area contributed by atoms with Gasteiger partial charge in [-0.2, -0.15) is 0 Å². The standard InChI is InChI=1S/C12H23NO3/c1-3-5-10(11(14)15)12(16)6-8-13(4-2)9-7-12/h10,16H,3-9H2,1-2H3,(H,14,15). The van der Waals surface area contributed by atoms with E-state index in [-0.39, 0.29) is 0 Å². The molecule has 94 valence electrons. The van der Waals surface area contributed by atoms with Gasteiger partial charge in [0.2, 0.25) is 0 Å². The maximum absolute atomic E-state index is 11.2. The van der Waals surface area contributed by atoms with Crippen LogP contribution in [0.1, 0.15) is 39.5 Å². The van der Waals surface area contributed by atoms with E-state index >= 15 is 0 Å². The smallest absolute Gasteiger partial charge is 0.309 e. The van der Waals surface area contributed by atoms with Crippen LogP contribution in [0.15, 0.2) is 0 Å². The minimum atomic E-state index is -0.993. The zero-order valence-corrected chi connectivity index (χ0v) is 10.3. The predicted octanol–water partition coefficient (Wildman–Crippen LogP) is 1.33. The first-order valence-electron chi connectivity index (χ1n) is 6.21. The Morgan fingerprint density at radius 1 is 1.38 bits per heavy atom. The van der Waals surface area contributed by atoms with E-state index in [0.717, 1.165) is 26.1 Å². The van der Waals surface area contributed by atoms with Crippen LogP contribution in [0.4, 0.5) is 0 Å². The van der Waals surface area contributed by atoms with Crippen LogP contribution < -0.4 is 0 Å². The van der Waals surface area contributed by atoms with Crippen LogP contribution in [-0.4, -0.2) is 46.3 Å². The molecule has 1 aliphatic rings. The van der Waals surface area contributed by atoms with Crippen LogP contribution in [0.25, 0.3) is 0 Å². The fourth-order valence-electron chi connectivity index (χ4n) is 2.52. The van der Waals surface area contributed by atoms with Gasteiger partial charge in [0.05, 0.1) is 11.5 Å². The minimum absolute atomic E-state index is 0.567. The van der Waals surface area contributed by atoms with Gasteiger partial charge in [0.15, 0.2) is 0 Å². The van der Waals surface area contributed by atoms with Crippen molar-refractivity contribution in [3.8, 4) is 0 Å². The number of hydrogen-bond acceptors (Lipinski definition) is 3. The quantitative estimate of drug-likeness (QED) is 0.746. The van der Waals surface area contributed by atoms with Gasteiger partial charge in [-0.05, 0) is 25.8 Å². The van der Waals surface area contributed by atoms with E-state index in [1.165, 1.54) is 0 Å². The Balaban J connectivity index is 2.65. The van der Waals surface area contributed by atoms with Gasteiger partial charge in [0.25, 0.3) is 0 Å². The average molecular weight is 229 g/mol. The lowest BCUT2D eigenvalue weighted by Crippen LogP contribution is -2.51. The molecular formula is C12H23NO3. The second kappa shape index (κ2) is 5.64. The number of rotatable bonds is 5. The number of aliphatic carboxylic acids is 1. The van der Waals surface area contributed by atoms with Crippen molar-refractivity contribution in [2.75, 3.05) is 19.6 Å². The van der Waals surface area contributed by atoms with Crippen molar-refractivity contribution in [2.24, 2.45) is 5.92 Å². The highest BCUT2D eigenvalue weighted by atomic mass is 16.4. The monoisotopic (exact) mass is 229 g/mol. The molecule has 0 aromatic carbocycles. The average Bonchev–Trinajstić information content (AvgIpc) is 2.26. The van der Waals surface area contributed by atoms with Crippen LogP contribution in [0.3, 0.4) is 0 Å². The Bertz CT molecular complexity index is 234. The third kappa shape index (κ3) is 2.95. The van der Waals surface area contributed by atoms with Gasteiger partial charge in [0, 0.05) is 13.1 Å². The molecule has 1 rings (SSSR count). The number of carboxylic acid groups (broad SMARTS) is 1. The molecular weight excluding hydrogens is 206 g/mol. The third-order valence-electron chi connectivity index (χ3n) is 3.69. The summed E-state index contributed by atoms with van der Waals surface area (Å²) in [5, 5.41) is 19.6. The highest BCUT2D eigenvalue weighted by Gasteiger charge is 2.42. The van der Waals surface area contributed by atoms with Crippen LogP contribution >= 0.6 is 0 Å².